The third-order valence-electron chi connectivity index (χ3n) is 6.15. The SMILES string of the molecule is CN=C(NCC1CCc2nnc(C)n2C1)N1CCCC2(CNC(=O)C2)C1. The predicted molar refractivity (Wildman–Crippen MR) is 98.8 cm³/mol. The standard InChI is InChI=1S/C18H29N7O/c1-13-22-23-15-5-4-14(10-25(13)15)9-20-17(19-2)24-7-3-6-18(12-24)8-16(26)21-11-18/h14H,3-12H2,1-2H3,(H,19,20)(H,21,26). The lowest BCUT2D eigenvalue weighted by molar-refractivity contribution is -0.119. The monoisotopic (exact) mass is 359 g/mol. The highest BCUT2D eigenvalue weighted by atomic mass is 16.1. The van der Waals surface area contributed by atoms with Crippen LogP contribution in [-0.4, -0.2) is 64.8 Å². The van der Waals surface area contributed by atoms with Gasteiger partial charge in [0.25, 0.3) is 0 Å². The summed E-state index contributed by atoms with van der Waals surface area (Å²) in [6.45, 7) is 6.62. The first-order valence-electron chi connectivity index (χ1n) is 9.69. The zero-order chi connectivity index (χ0) is 18.1. The van der Waals surface area contributed by atoms with E-state index >= 15 is 0 Å². The number of carbonyl (C=O) groups excluding carboxylic acids is 1. The summed E-state index contributed by atoms with van der Waals surface area (Å²) in [6, 6.07) is 0. The van der Waals surface area contributed by atoms with E-state index in [2.05, 4.69) is 35.3 Å². The van der Waals surface area contributed by atoms with E-state index in [-0.39, 0.29) is 11.3 Å². The second kappa shape index (κ2) is 6.89. The van der Waals surface area contributed by atoms with Gasteiger partial charge in [-0.2, -0.15) is 0 Å². The van der Waals surface area contributed by atoms with Gasteiger partial charge in [-0.25, -0.2) is 0 Å². The molecule has 4 rings (SSSR count). The summed E-state index contributed by atoms with van der Waals surface area (Å²) in [4.78, 5) is 18.6. The second-order valence-electron chi connectivity index (χ2n) is 8.09. The van der Waals surface area contributed by atoms with E-state index in [1.165, 1.54) is 0 Å². The number of carbonyl (C=O) groups is 1. The zero-order valence-electron chi connectivity index (χ0n) is 15.8. The molecule has 2 fully saturated rings. The maximum atomic E-state index is 11.7. The van der Waals surface area contributed by atoms with Crippen molar-refractivity contribution in [1.29, 1.82) is 0 Å². The molecule has 1 aromatic rings. The molecule has 26 heavy (non-hydrogen) atoms. The van der Waals surface area contributed by atoms with Crippen LogP contribution in [0.5, 0.6) is 0 Å². The number of piperidine rings is 1. The van der Waals surface area contributed by atoms with Crippen molar-refractivity contribution in [3.8, 4) is 0 Å². The van der Waals surface area contributed by atoms with Crippen LogP contribution in [0, 0.1) is 18.3 Å². The fourth-order valence-corrected chi connectivity index (χ4v) is 4.69. The summed E-state index contributed by atoms with van der Waals surface area (Å²) in [5.74, 6) is 3.83. The fraction of sp³-hybridized carbons (Fsp3) is 0.778. The van der Waals surface area contributed by atoms with Crippen molar-refractivity contribution in [2.75, 3.05) is 33.2 Å². The Morgan fingerprint density at radius 3 is 3.12 bits per heavy atom. The predicted octanol–water partition coefficient (Wildman–Crippen LogP) is 0.326. The van der Waals surface area contributed by atoms with Crippen LogP contribution in [0.15, 0.2) is 4.99 Å². The lowest BCUT2D eigenvalue weighted by Crippen LogP contribution is -2.52. The minimum atomic E-state index is 0.0896. The highest BCUT2D eigenvalue weighted by Gasteiger charge is 2.42. The summed E-state index contributed by atoms with van der Waals surface area (Å²) < 4.78 is 2.24. The Morgan fingerprint density at radius 1 is 1.46 bits per heavy atom. The number of guanidine groups is 1. The number of aliphatic imine (C=N–C) groups is 1. The first-order valence-corrected chi connectivity index (χ1v) is 9.69. The number of nitrogens with zero attached hydrogens (tertiary/aromatic N) is 5. The van der Waals surface area contributed by atoms with Crippen molar-refractivity contribution in [2.45, 2.75) is 45.6 Å². The molecule has 8 nitrogen and oxygen atoms in total. The molecule has 1 aromatic heterocycles. The average Bonchev–Trinajstić information content (AvgIpc) is 3.19. The van der Waals surface area contributed by atoms with E-state index in [0.717, 1.165) is 76.0 Å². The van der Waals surface area contributed by atoms with E-state index in [0.29, 0.717) is 12.3 Å². The number of hydrogen-bond acceptors (Lipinski definition) is 4. The van der Waals surface area contributed by atoms with Crippen LogP contribution in [0.4, 0.5) is 0 Å². The minimum Gasteiger partial charge on any atom is -0.356 e. The molecule has 2 atom stereocenters. The van der Waals surface area contributed by atoms with Crippen LogP contribution in [0.1, 0.15) is 37.3 Å². The van der Waals surface area contributed by atoms with Crippen LogP contribution in [0.25, 0.3) is 0 Å². The number of amides is 1. The van der Waals surface area contributed by atoms with Crippen LogP contribution < -0.4 is 10.6 Å². The molecule has 0 bridgehead atoms. The van der Waals surface area contributed by atoms with Gasteiger partial charge in [-0.15, -0.1) is 10.2 Å². The molecular formula is C18H29N7O. The summed E-state index contributed by atoms with van der Waals surface area (Å²) in [5.41, 5.74) is 0.0896. The van der Waals surface area contributed by atoms with Gasteiger partial charge in [-0.3, -0.25) is 9.79 Å². The lowest BCUT2D eigenvalue weighted by atomic mass is 9.79. The third-order valence-corrected chi connectivity index (χ3v) is 6.15. The Hall–Kier alpha value is -2.12. The van der Waals surface area contributed by atoms with Crippen molar-refractivity contribution in [3.63, 3.8) is 0 Å². The van der Waals surface area contributed by atoms with E-state index < -0.39 is 0 Å². The number of fused-ring (bicyclic) bond motifs is 1. The van der Waals surface area contributed by atoms with Gasteiger partial charge in [0, 0.05) is 58.0 Å². The number of nitrogens with one attached hydrogen (secondary N) is 2. The quantitative estimate of drug-likeness (QED) is 0.587. The Morgan fingerprint density at radius 2 is 2.35 bits per heavy atom. The van der Waals surface area contributed by atoms with Gasteiger partial charge in [-0.05, 0) is 32.1 Å². The number of aromatic nitrogens is 3. The van der Waals surface area contributed by atoms with Gasteiger partial charge < -0.3 is 20.1 Å². The van der Waals surface area contributed by atoms with Crippen molar-refractivity contribution >= 4 is 11.9 Å². The van der Waals surface area contributed by atoms with E-state index in [9.17, 15) is 4.79 Å². The highest BCUT2D eigenvalue weighted by molar-refractivity contribution is 5.81. The molecule has 2 saturated heterocycles. The number of aryl methyl sites for hydroxylation is 2. The van der Waals surface area contributed by atoms with E-state index in [1.54, 1.807) is 0 Å². The number of likely N-dealkylation sites (tertiary alicyclic amines) is 1. The van der Waals surface area contributed by atoms with Crippen LogP contribution in [-0.2, 0) is 17.8 Å². The molecule has 142 valence electrons. The first kappa shape index (κ1) is 17.3. The van der Waals surface area contributed by atoms with Crippen molar-refractivity contribution in [3.05, 3.63) is 11.6 Å². The Balaban J connectivity index is 1.35. The Labute approximate surface area is 154 Å². The normalized spacial score (nSPS) is 29.0. The maximum Gasteiger partial charge on any atom is 0.220 e. The van der Waals surface area contributed by atoms with Crippen LogP contribution in [0.2, 0.25) is 0 Å². The molecule has 0 aliphatic carbocycles. The number of rotatable bonds is 2. The van der Waals surface area contributed by atoms with Gasteiger partial charge in [-0.1, -0.05) is 0 Å². The first-order chi connectivity index (χ1) is 12.6. The molecule has 2 unspecified atom stereocenters. The van der Waals surface area contributed by atoms with Gasteiger partial charge >= 0.3 is 0 Å². The molecule has 0 aromatic carbocycles. The zero-order valence-corrected chi connectivity index (χ0v) is 15.8. The Bertz CT molecular complexity index is 712. The van der Waals surface area contributed by atoms with Crippen molar-refractivity contribution < 1.29 is 4.79 Å². The van der Waals surface area contributed by atoms with Gasteiger partial charge in [0.1, 0.15) is 11.6 Å². The molecule has 8 heteroatoms. The molecule has 2 N–H and O–H groups in total. The van der Waals surface area contributed by atoms with Gasteiger partial charge in [0.2, 0.25) is 5.91 Å². The summed E-state index contributed by atoms with van der Waals surface area (Å²) in [7, 11) is 1.85. The largest absolute Gasteiger partial charge is 0.356 e. The fourth-order valence-electron chi connectivity index (χ4n) is 4.69. The molecule has 1 amide bonds. The lowest BCUT2D eigenvalue weighted by Gasteiger charge is -2.41. The van der Waals surface area contributed by atoms with E-state index in [4.69, 9.17) is 0 Å². The highest BCUT2D eigenvalue weighted by Crippen LogP contribution is 2.36. The molecule has 3 aliphatic heterocycles. The molecular weight excluding hydrogens is 330 g/mol. The molecule has 1 spiro atoms. The van der Waals surface area contributed by atoms with Gasteiger partial charge in [0.15, 0.2) is 5.96 Å². The summed E-state index contributed by atoms with van der Waals surface area (Å²) in [6.07, 6.45) is 5.01. The minimum absolute atomic E-state index is 0.0896. The maximum absolute atomic E-state index is 11.7. The van der Waals surface area contributed by atoms with Crippen molar-refractivity contribution in [1.82, 2.24) is 30.3 Å². The second-order valence-corrected chi connectivity index (χ2v) is 8.09. The van der Waals surface area contributed by atoms with Gasteiger partial charge in [0.05, 0.1) is 0 Å². The van der Waals surface area contributed by atoms with Crippen LogP contribution >= 0.6 is 0 Å². The number of hydrogen-bond donors (Lipinski definition) is 2. The van der Waals surface area contributed by atoms with Crippen molar-refractivity contribution in [2.24, 2.45) is 16.3 Å². The summed E-state index contributed by atoms with van der Waals surface area (Å²) >= 11 is 0. The van der Waals surface area contributed by atoms with Crippen LogP contribution in [0.3, 0.4) is 0 Å². The third kappa shape index (κ3) is 3.29. The molecule has 0 saturated carbocycles. The molecule has 0 radical (unpaired) electrons. The van der Waals surface area contributed by atoms with E-state index in [1.807, 2.05) is 14.0 Å². The topological polar surface area (TPSA) is 87.4 Å². The molecule has 4 heterocycles. The smallest absolute Gasteiger partial charge is 0.220 e. The average molecular weight is 359 g/mol. The Kier molecular flexibility index (Phi) is 4.58. The molecule has 3 aliphatic rings. The summed E-state index contributed by atoms with van der Waals surface area (Å²) in [5, 5.41) is 15.0.